The van der Waals surface area contributed by atoms with Crippen LogP contribution in [0.2, 0.25) is 0 Å². The van der Waals surface area contributed by atoms with Gasteiger partial charge in [0.25, 0.3) is 0 Å². The first-order valence-corrected chi connectivity index (χ1v) is 8.56. The molecule has 1 N–H and O–H groups in total. The number of carboxylic acid groups (broad SMARTS) is 1. The number of rotatable bonds is 5. The zero-order valence-electron chi connectivity index (χ0n) is 14.6. The van der Waals surface area contributed by atoms with Crippen LogP contribution in [0.25, 0.3) is 0 Å². The molecule has 1 aromatic carbocycles. The minimum absolute atomic E-state index is 0.173. The normalized spacial score (nSPS) is 18.7. The van der Waals surface area contributed by atoms with Crippen molar-refractivity contribution in [3.63, 3.8) is 0 Å². The summed E-state index contributed by atoms with van der Waals surface area (Å²) in [7, 11) is 1.88. The second-order valence-electron chi connectivity index (χ2n) is 6.71. The number of hydrogen-bond donors (Lipinski definition) is 1. The number of carboxylic acids is 1. The molecule has 138 valence electrons. The number of likely N-dealkylation sites (tertiary alicyclic amines) is 1. The lowest BCUT2D eigenvalue weighted by Crippen LogP contribution is -2.53. The molecule has 0 radical (unpaired) electrons. The highest BCUT2D eigenvalue weighted by Gasteiger charge is 2.44. The van der Waals surface area contributed by atoms with Crippen molar-refractivity contribution in [2.75, 3.05) is 19.9 Å². The van der Waals surface area contributed by atoms with Crippen molar-refractivity contribution in [2.45, 2.75) is 25.0 Å². The van der Waals surface area contributed by atoms with Crippen molar-refractivity contribution in [1.29, 1.82) is 0 Å². The first-order valence-electron chi connectivity index (χ1n) is 8.56. The number of hydrogen-bond acceptors (Lipinski definition) is 6. The van der Waals surface area contributed by atoms with Crippen LogP contribution < -0.4 is 14.2 Å². The van der Waals surface area contributed by atoms with Gasteiger partial charge in [0.1, 0.15) is 5.75 Å². The van der Waals surface area contributed by atoms with E-state index in [-0.39, 0.29) is 6.79 Å². The first-order chi connectivity index (χ1) is 12.5. The van der Waals surface area contributed by atoms with Gasteiger partial charge in [-0.25, -0.2) is 4.79 Å². The number of ether oxygens (including phenoxy) is 3. The maximum absolute atomic E-state index is 12.0. The molecule has 0 spiro atoms. The molecule has 4 rings (SSSR count). The van der Waals surface area contributed by atoms with Gasteiger partial charge in [-0.3, -0.25) is 9.58 Å². The summed E-state index contributed by atoms with van der Waals surface area (Å²) in [5, 5.41) is 14.0. The summed E-state index contributed by atoms with van der Waals surface area (Å²) in [6.07, 6.45) is 4.64. The topological polar surface area (TPSA) is 86.0 Å². The maximum Gasteiger partial charge on any atom is 0.348 e. The van der Waals surface area contributed by atoms with Crippen LogP contribution in [0.1, 0.15) is 18.4 Å². The molecule has 8 heteroatoms. The average molecular weight is 359 g/mol. The number of aliphatic carboxylic acids is 1. The summed E-state index contributed by atoms with van der Waals surface area (Å²) >= 11 is 0. The van der Waals surface area contributed by atoms with Crippen LogP contribution in [-0.4, -0.2) is 51.2 Å². The van der Waals surface area contributed by atoms with E-state index < -0.39 is 11.6 Å². The molecule has 2 aliphatic heterocycles. The highest BCUT2D eigenvalue weighted by Crippen LogP contribution is 2.38. The van der Waals surface area contributed by atoms with E-state index in [1.165, 1.54) is 0 Å². The number of fused-ring (bicyclic) bond motifs is 1. The number of carbonyl (C=O) groups is 1. The van der Waals surface area contributed by atoms with Gasteiger partial charge in [-0.2, -0.15) is 5.10 Å². The van der Waals surface area contributed by atoms with Crippen molar-refractivity contribution < 1.29 is 24.1 Å². The van der Waals surface area contributed by atoms with Gasteiger partial charge in [0.15, 0.2) is 11.5 Å². The van der Waals surface area contributed by atoms with Gasteiger partial charge in [-0.05, 0) is 12.1 Å². The Morgan fingerprint density at radius 1 is 1.31 bits per heavy atom. The first kappa shape index (κ1) is 16.7. The molecular weight excluding hydrogens is 338 g/mol. The van der Waals surface area contributed by atoms with E-state index in [0.29, 0.717) is 43.2 Å². The predicted octanol–water partition coefficient (Wildman–Crippen LogP) is 1.65. The summed E-state index contributed by atoms with van der Waals surface area (Å²) < 4.78 is 18.3. The highest BCUT2D eigenvalue weighted by molar-refractivity contribution is 5.78. The molecule has 2 aliphatic rings. The standard InChI is InChI=1S/C18H21N3O5/c1-20-10-13(9-19-20)11-21-6-4-18(5-7-21,17(22)23)26-14-2-3-15-16(8-14)25-12-24-15/h2-3,8-10H,4-7,11-12H2,1H3,(H,22,23). The van der Waals surface area contributed by atoms with Gasteiger partial charge in [-0.15, -0.1) is 0 Å². The van der Waals surface area contributed by atoms with Gasteiger partial charge in [0.05, 0.1) is 6.20 Å². The Morgan fingerprint density at radius 2 is 2.08 bits per heavy atom. The van der Waals surface area contributed by atoms with Crippen LogP contribution in [0, 0.1) is 0 Å². The molecule has 0 unspecified atom stereocenters. The second kappa shape index (κ2) is 6.53. The number of aromatic nitrogens is 2. The van der Waals surface area contributed by atoms with Crippen molar-refractivity contribution >= 4 is 5.97 Å². The average Bonchev–Trinajstić information content (AvgIpc) is 3.25. The van der Waals surface area contributed by atoms with Crippen LogP contribution in [0.15, 0.2) is 30.6 Å². The third kappa shape index (κ3) is 3.20. The monoisotopic (exact) mass is 359 g/mol. The van der Waals surface area contributed by atoms with E-state index in [9.17, 15) is 9.90 Å². The van der Waals surface area contributed by atoms with Crippen LogP contribution >= 0.6 is 0 Å². The molecular formula is C18H21N3O5. The minimum Gasteiger partial charge on any atom is -0.478 e. The maximum atomic E-state index is 12.0. The summed E-state index contributed by atoms with van der Waals surface area (Å²) in [6, 6.07) is 5.15. The quantitative estimate of drug-likeness (QED) is 0.869. The highest BCUT2D eigenvalue weighted by atomic mass is 16.7. The molecule has 1 saturated heterocycles. The Balaban J connectivity index is 1.44. The van der Waals surface area contributed by atoms with Crippen LogP contribution in [0.3, 0.4) is 0 Å². The fourth-order valence-corrected chi connectivity index (χ4v) is 3.41. The lowest BCUT2D eigenvalue weighted by atomic mass is 9.91. The SMILES string of the molecule is Cn1cc(CN2CCC(Oc3ccc4c(c3)OCO4)(C(=O)O)CC2)cn1. The molecule has 2 aromatic rings. The Kier molecular flexibility index (Phi) is 4.20. The lowest BCUT2D eigenvalue weighted by Gasteiger charge is -2.38. The number of benzene rings is 1. The summed E-state index contributed by atoms with van der Waals surface area (Å²) in [5.41, 5.74) is -0.105. The Hall–Kier alpha value is -2.74. The minimum atomic E-state index is -1.22. The molecule has 1 aromatic heterocycles. The van der Waals surface area contributed by atoms with Gasteiger partial charge in [-0.1, -0.05) is 0 Å². The third-order valence-corrected chi connectivity index (χ3v) is 4.88. The van der Waals surface area contributed by atoms with E-state index in [2.05, 4.69) is 10.00 Å². The van der Waals surface area contributed by atoms with E-state index in [4.69, 9.17) is 14.2 Å². The zero-order valence-corrected chi connectivity index (χ0v) is 14.6. The van der Waals surface area contributed by atoms with Gasteiger partial charge < -0.3 is 19.3 Å². The van der Waals surface area contributed by atoms with E-state index in [0.717, 1.165) is 12.1 Å². The summed E-state index contributed by atoms with van der Waals surface area (Å²) in [4.78, 5) is 14.2. The van der Waals surface area contributed by atoms with Crippen molar-refractivity contribution in [3.8, 4) is 17.2 Å². The van der Waals surface area contributed by atoms with Crippen LogP contribution in [0.5, 0.6) is 17.2 Å². The fraction of sp³-hybridized carbons (Fsp3) is 0.444. The van der Waals surface area contributed by atoms with Gasteiger partial charge >= 0.3 is 5.97 Å². The predicted molar refractivity (Wildman–Crippen MR) is 91.3 cm³/mol. The van der Waals surface area contributed by atoms with Gasteiger partial charge in [0.2, 0.25) is 12.4 Å². The van der Waals surface area contributed by atoms with Crippen molar-refractivity contribution in [3.05, 3.63) is 36.2 Å². The Bertz CT molecular complexity index is 811. The van der Waals surface area contributed by atoms with Gasteiger partial charge in [0, 0.05) is 57.4 Å². The van der Waals surface area contributed by atoms with Crippen molar-refractivity contribution in [1.82, 2.24) is 14.7 Å². The van der Waals surface area contributed by atoms with E-state index in [1.807, 2.05) is 19.4 Å². The molecule has 1 fully saturated rings. The van der Waals surface area contributed by atoms with E-state index >= 15 is 0 Å². The molecule has 0 atom stereocenters. The largest absolute Gasteiger partial charge is 0.478 e. The summed E-state index contributed by atoms with van der Waals surface area (Å²) in [5.74, 6) is 0.777. The molecule has 26 heavy (non-hydrogen) atoms. The number of nitrogens with zero attached hydrogens (tertiary/aromatic N) is 3. The van der Waals surface area contributed by atoms with Crippen LogP contribution in [-0.2, 0) is 18.4 Å². The van der Waals surface area contributed by atoms with Crippen molar-refractivity contribution in [2.24, 2.45) is 7.05 Å². The lowest BCUT2D eigenvalue weighted by molar-refractivity contribution is -0.159. The number of piperidine rings is 1. The number of aryl methyl sites for hydroxylation is 1. The molecule has 3 heterocycles. The molecule has 8 nitrogen and oxygen atoms in total. The molecule has 0 bridgehead atoms. The van der Waals surface area contributed by atoms with E-state index in [1.54, 1.807) is 22.9 Å². The Morgan fingerprint density at radius 3 is 2.77 bits per heavy atom. The fourth-order valence-electron chi connectivity index (χ4n) is 3.41. The van der Waals surface area contributed by atoms with Crippen LogP contribution in [0.4, 0.5) is 0 Å². The zero-order chi connectivity index (χ0) is 18.1. The smallest absolute Gasteiger partial charge is 0.348 e. The summed E-state index contributed by atoms with van der Waals surface area (Å²) in [6.45, 7) is 2.22. The molecule has 0 amide bonds. The third-order valence-electron chi connectivity index (χ3n) is 4.88. The molecule has 0 aliphatic carbocycles. The molecule has 0 saturated carbocycles. The Labute approximate surface area is 150 Å². The second-order valence-corrected chi connectivity index (χ2v) is 6.71.